The average Bonchev–Trinajstić information content (AvgIpc) is 2.76. The van der Waals surface area contributed by atoms with Crippen LogP contribution in [-0.2, 0) is 4.74 Å². The first-order chi connectivity index (χ1) is 7.59. The van der Waals surface area contributed by atoms with Gasteiger partial charge in [-0.3, -0.25) is 0 Å². The van der Waals surface area contributed by atoms with E-state index in [1.54, 1.807) is 17.5 Å². The van der Waals surface area contributed by atoms with Crippen LogP contribution < -0.4 is 5.32 Å². The summed E-state index contributed by atoms with van der Waals surface area (Å²) < 4.78 is 5.32. The number of aliphatic hydroxyl groups is 1. The lowest BCUT2D eigenvalue weighted by Gasteiger charge is -2.16. The summed E-state index contributed by atoms with van der Waals surface area (Å²) in [6, 6.07) is 0.175. The van der Waals surface area contributed by atoms with Gasteiger partial charge in [0.2, 0.25) is 0 Å². The second kappa shape index (κ2) is 6.96. The van der Waals surface area contributed by atoms with Crippen molar-refractivity contribution < 1.29 is 9.84 Å². The maximum Gasteiger partial charge on any atom is 0.109 e. The first kappa shape index (κ1) is 13.6. The molecule has 0 fully saturated rings. The number of hydrogen-bond acceptors (Lipinski definition) is 5. The van der Waals surface area contributed by atoms with Crippen molar-refractivity contribution in [3.8, 4) is 0 Å². The predicted molar refractivity (Wildman–Crippen MR) is 65.6 cm³/mol. The van der Waals surface area contributed by atoms with Gasteiger partial charge in [0.1, 0.15) is 5.01 Å². The van der Waals surface area contributed by atoms with E-state index in [1.165, 1.54) is 0 Å². The fraction of sp³-hybridized carbons (Fsp3) is 0.727. The molecule has 0 saturated heterocycles. The molecule has 0 amide bonds. The molecule has 0 aliphatic rings. The van der Waals surface area contributed by atoms with Crippen LogP contribution in [0.1, 0.15) is 31.8 Å². The molecule has 92 valence electrons. The summed E-state index contributed by atoms with van der Waals surface area (Å²) in [5.41, 5.74) is 0. The van der Waals surface area contributed by atoms with Crippen molar-refractivity contribution in [2.24, 2.45) is 0 Å². The van der Waals surface area contributed by atoms with Crippen LogP contribution in [0.3, 0.4) is 0 Å². The lowest BCUT2D eigenvalue weighted by molar-refractivity contribution is 0.00560. The number of aliphatic hydroxyl groups excluding tert-OH is 1. The highest BCUT2D eigenvalue weighted by atomic mass is 32.1. The fourth-order valence-corrected chi connectivity index (χ4v) is 1.88. The van der Waals surface area contributed by atoms with E-state index in [0.717, 1.165) is 5.01 Å². The van der Waals surface area contributed by atoms with E-state index >= 15 is 0 Å². The van der Waals surface area contributed by atoms with E-state index in [1.807, 2.05) is 26.2 Å². The van der Waals surface area contributed by atoms with Gasteiger partial charge in [0.25, 0.3) is 0 Å². The van der Waals surface area contributed by atoms with Crippen LogP contribution in [0, 0.1) is 0 Å². The average molecular weight is 244 g/mol. The first-order valence-electron chi connectivity index (χ1n) is 5.52. The van der Waals surface area contributed by atoms with E-state index in [9.17, 15) is 5.11 Å². The number of aromatic nitrogens is 1. The van der Waals surface area contributed by atoms with E-state index < -0.39 is 6.10 Å². The molecule has 4 nitrogen and oxygen atoms in total. The van der Waals surface area contributed by atoms with Gasteiger partial charge >= 0.3 is 0 Å². The smallest absolute Gasteiger partial charge is 0.109 e. The molecule has 1 heterocycles. The number of nitrogens with zero attached hydrogens (tertiary/aromatic N) is 1. The predicted octanol–water partition coefficient (Wildman–Crippen LogP) is 1.58. The van der Waals surface area contributed by atoms with Crippen LogP contribution >= 0.6 is 11.3 Å². The van der Waals surface area contributed by atoms with E-state index in [-0.39, 0.29) is 12.1 Å². The summed E-state index contributed by atoms with van der Waals surface area (Å²) in [5, 5.41) is 15.9. The Kier molecular flexibility index (Phi) is 5.90. The van der Waals surface area contributed by atoms with E-state index in [2.05, 4.69) is 10.3 Å². The summed E-state index contributed by atoms with van der Waals surface area (Å²) in [6.07, 6.45) is 1.48. The van der Waals surface area contributed by atoms with Crippen LogP contribution in [-0.4, -0.2) is 35.5 Å². The van der Waals surface area contributed by atoms with Gasteiger partial charge in [0.05, 0.1) is 24.9 Å². The van der Waals surface area contributed by atoms with Gasteiger partial charge in [-0.1, -0.05) is 0 Å². The molecule has 2 N–H and O–H groups in total. The lowest BCUT2D eigenvalue weighted by atomic mass is 10.3. The molecule has 1 aromatic rings. The zero-order valence-electron chi connectivity index (χ0n) is 10.0. The molecule has 5 heteroatoms. The van der Waals surface area contributed by atoms with Gasteiger partial charge < -0.3 is 15.2 Å². The Labute approximate surface area is 101 Å². The van der Waals surface area contributed by atoms with Gasteiger partial charge in [0.15, 0.2) is 0 Å². The molecule has 0 bridgehead atoms. The van der Waals surface area contributed by atoms with Crippen molar-refractivity contribution in [1.82, 2.24) is 10.3 Å². The number of ether oxygens (including phenoxy) is 1. The summed E-state index contributed by atoms with van der Waals surface area (Å²) in [6.45, 7) is 6.84. The Hall–Kier alpha value is -0.490. The van der Waals surface area contributed by atoms with Crippen molar-refractivity contribution in [3.63, 3.8) is 0 Å². The summed E-state index contributed by atoms with van der Waals surface area (Å²) in [7, 11) is 0. The van der Waals surface area contributed by atoms with E-state index in [4.69, 9.17) is 4.74 Å². The van der Waals surface area contributed by atoms with Crippen LogP contribution in [0.15, 0.2) is 11.6 Å². The molecule has 0 radical (unpaired) electrons. The third-order valence-electron chi connectivity index (χ3n) is 2.10. The van der Waals surface area contributed by atoms with Gasteiger partial charge in [-0.05, 0) is 20.8 Å². The van der Waals surface area contributed by atoms with Crippen molar-refractivity contribution in [3.05, 3.63) is 16.6 Å². The molecule has 1 aromatic heterocycles. The van der Waals surface area contributed by atoms with Crippen molar-refractivity contribution in [2.75, 3.05) is 13.2 Å². The zero-order chi connectivity index (χ0) is 12.0. The number of nitrogens with one attached hydrogen (secondary N) is 1. The standard InChI is InChI=1S/C11H20N2O2S/c1-8(2)15-7-10(14)6-13-9(3)11-12-4-5-16-11/h4-5,8-10,13-14H,6-7H2,1-3H3. The van der Waals surface area contributed by atoms with Gasteiger partial charge in [-0.25, -0.2) is 4.98 Å². The summed E-state index contributed by atoms with van der Waals surface area (Å²) in [4.78, 5) is 4.21. The van der Waals surface area contributed by atoms with Crippen molar-refractivity contribution in [1.29, 1.82) is 0 Å². The minimum atomic E-state index is -0.468. The highest BCUT2D eigenvalue weighted by Gasteiger charge is 2.10. The fourth-order valence-electron chi connectivity index (χ4n) is 1.21. The molecule has 0 aliphatic heterocycles. The Balaban J connectivity index is 2.19. The van der Waals surface area contributed by atoms with Crippen molar-refractivity contribution in [2.45, 2.75) is 39.0 Å². The molecule has 16 heavy (non-hydrogen) atoms. The maximum absolute atomic E-state index is 9.64. The molecule has 2 atom stereocenters. The van der Waals surface area contributed by atoms with Gasteiger partial charge in [0, 0.05) is 18.1 Å². The topological polar surface area (TPSA) is 54.4 Å². The Morgan fingerprint density at radius 1 is 1.50 bits per heavy atom. The van der Waals surface area contributed by atoms with Crippen LogP contribution in [0.5, 0.6) is 0 Å². The normalized spacial score (nSPS) is 15.3. The monoisotopic (exact) mass is 244 g/mol. The van der Waals surface area contributed by atoms with Crippen molar-refractivity contribution >= 4 is 11.3 Å². The molecule has 0 aliphatic carbocycles. The molecule has 1 rings (SSSR count). The first-order valence-corrected chi connectivity index (χ1v) is 6.40. The molecule has 0 saturated carbocycles. The summed E-state index contributed by atoms with van der Waals surface area (Å²) >= 11 is 1.61. The Morgan fingerprint density at radius 3 is 2.81 bits per heavy atom. The SMILES string of the molecule is CC(C)OCC(O)CNC(C)c1nccs1. The van der Waals surface area contributed by atoms with Crippen LogP contribution in [0.4, 0.5) is 0 Å². The highest BCUT2D eigenvalue weighted by molar-refractivity contribution is 7.09. The number of thiazole rings is 1. The third kappa shape index (κ3) is 5.03. The van der Waals surface area contributed by atoms with Crippen LogP contribution in [0.25, 0.3) is 0 Å². The van der Waals surface area contributed by atoms with Gasteiger partial charge in [-0.2, -0.15) is 0 Å². The Bertz CT molecular complexity index is 278. The minimum absolute atomic E-state index is 0.158. The second-order valence-electron chi connectivity index (χ2n) is 4.04. The lowest BCUT2D eigenvalue weighted by Crippen LogP contribution is -2.32. The zero-order valence-corrected chi connectivity index (χ0v) is 10.8. The molecular formula is C11H20N2O2S. The maximum atomic E-state index is 9.64. The quantitative estimate of drug-likeness (QED) is 0.764. The third-order valence-corrected chi connectivity index (χ3v) is 3.06. The largest absolute Gasteiger partial charge is 0.389 e. The highest BCUT2D eigenvalue weighted by Crippen LogP contribution is 2.14. The molecule has 0 spiro atoms. The molecular weight excluding hydrogens is 224 g/mol. The van der Waals surface area contributed by atoms with E-state index in [0.29, 0.717) is 13.2 Å². The second-order valence-corrected chi connectivity index (χ2v) is 4.96. The molecule has 2 unspecified atom stereocenters. The molecule has 0 aromatic carbocycles. The summed E-state index contributed by atoms with van der Waals surface area (Å²) in [5.74, 6) is 0. The number of rotatable bonds is 7. The Morgan fingerprint density at radius 2 is 2.25 bits per heavy atom. The minimum Gasteiger partial charge on any atom is -0.389 e. The number of hydrogen-bond donors (Lipinski definition) is 2. The van der Waals surface area contributed by atoms with Gasteiger partial charge in [-0.15, -0.1) is 11.3 Å². The van der Waals surface area contributed by atoms with Crippen LogP contribution in [0.2, 0.25) is 0 Å².